The number of H-pyrrole nitrogens is 1. The summed E-state index contributed by atoms with van der Waals surface area (Å²) in [6.07, 6.45) is 1.35. The lowest BCUT2D eigenvalue weighted by Crippen LogP contribution is -2.22. The Hall–Kier alpha value is -4.03. The number of esters is 1. The SMILES string of the molecule is CCOC(=O)c1c(C)[nH]c(C)c1C(=O)C(C#N)=Cc1csc(N(C(C)=O)c2ccccc2)n1. The van der Waals surface area contributed by atoms with Crippen LogP contribution in [0, 0.1) is 25.2 Å². The third kappa shape index (κ3) is 4.91. The van der Waals surface area contributed by atoms with Gasteiger partial charge in [0.15, 0.2) is 5.13 Å². The van der Waals surface area contributed by atoms with E-state index in [9.17, 15) is 19.6 Å². The topological polar surface area (TPSA) is 116 Å². The van der Waals surface area contributed by atoms with Gasteiger partial charge in [-0.25, -0.2) is 9.78 Å². The van der Waals surface area contributed by atoms with Crippen molar-refractivity contribution in [2.45, 2.75) is 27.7 Å². The largest absolute Gasteiger partial charge is 0.462 e. The first-order valence-electron chi connectivity index (χ1n) is 10.1. The van der Waals surface area contributed by atoms with Gasteiger partial charge in [0.25, 0.3) is 0 Å². The molecular formula is C24H22N4O4S. The molecule has 0 saturated heterocycles. The fourth-order valence-electron chi connectivity index (χ4n) is 3.40. The summed E-state index contributed by atoms with van der Waals surface area (Å²) in [4.78, 5) is 46.7. The van der Waals surface area contributed by atoms with E-state index in [-0.39, 0.29) is 29.2 Å². The minimum Gasteiger partial charge on any atom is -0.462 e. The lowest BCUT2D eigenvalue weighted by atomic mass is 9.99. The van der Waals surface area contributed by atoms with Crippen molar-refractivity contribution in [3.05, 3.63) is 69.5 Å². The van der Waals surface area contributed by atoms with Crippen molar-refractivity contribution in [1.82, 2.24) is 9.97 Å². The summed E-state index contributed by atoms with van der Waals surface area (Å²) in [6, 6.07) is 11.0. The molecule has 0 fully saturated rings. The monoisotopic (exact) mass is 462 g/mol. The third-order valence-electron chi connectivity index (χ3n) is 4.77. The molecule has 3 rings (SSSR count). The van der Waals surface area contributed by atoms with Crippen LogP contribution in [0.3, 0.4) is 0 Å². The average molecular weight is 463 g/mol. The molecule has 1 amide bonds. The van der Waals surface area contributed by atoms with Gasteiger partial charge in [0.2, 0.25) is 11.7 Å². The molecule has 33 heavy (non-hydrogen) atoms. The molecule has 0 atom stereocenters. The van der Waals surface area contributed by atoms with E-state index in [2.05, 4.69) is 9.97 Å². The normalized spacial score (nSPS) is 11.1. The van der Waals surface area contributed by atoms with Crippen molar-refractivity contribution in [3.63, 3.8) is 0 Å². The Morgan fingerprint density at radius 1 is 1.18 bits per heavy atom. The van der Waals surface area contributed by atoms with E-state index in [1.54, 1.807) is 38.3 Å². The Kier molecular flexibility index (Phi) is 7.20. The molecule has 0 aliphatic carbocycles. The Morgan fingerprint density at radius 3 is 2.45 bits per heavy atom. The number of Topliss-reactive ketones (excluding diaryl/α,β-unsaturated/α-hetero) is 1. The number of ketones is 1. The first-order valence-corrected chi connectivity index (χ1v) is 11.0. The minimum absolute atomic E-state index is 0.101. The Bertz CT molecular complexity index is 1280. The Labute approximate surface area is 195 Å². The maximum Gasteiger partial charge on any atom is 0.340 e. The van der Waals surface area contributed by atoms with Gasteiger partial charge in [-0.1, -0.05) is 18.2 Å². The number of amides is 1. The van der Waals surface area contributed by atoms with Crippen LogP contribution >= 0.6 is 11.3 Å². The molecule has 2 heterocycles. The number of nitrogens with zero attached hydrogens (tertiary/aromatic N) is 3. The number of nitriles is 1. The summed E-state index contributed by atoms with van der Waals surface area (Å²) in [6.45, 7) is 6.59. The zero-order chi connectivity index (χ0) is 24.1. The molecule has 8 nitrogen and oxygen atoms in total. The number of thiazole rings is 1. The second-order valence-electron chi connectivity index (χ2n) is 7.09. The second-order valence-corrected chi connectivity index (χ2v) is 7.93. The highest BCUT2D eigenvalue weighted by Crippen LogP contribution is 2.30. The van der Waals surface area contributed by atoms with Crippen LogP contribution < -0.4 is 4.90 Å². The summed E-state index contributed by atoms with van der Waals surface area (Å²) in [5.74, 6) is -1.46. The first-order chi connectivity index (χ1) is 15.8. The van der Waals surface area contributed by atoms with Crippen LogP contribution in [0.2, 0.25) is 0 Å². The van der Waals surface area contributed by atoms with E-state index in [1.807, 2.05) is 24.3 Å². The Morgan fingerprint density at radius 2 is 1.85 bits per heavy atom. The predicted octanol–water partition coefficient (Wildman–Crippen LogP) is 4.74. The summed E-state index contributed by atoms with van der Waals surface area (Å²) in [5.41, 5.74) is 1.99. The number of rotatable bonds is 7. The van der Waals surface area contributed by atoms with Gasteiger partial charge in [0.1, 0.15) is 11.6 Å². The molecule has 2 aromatic heterocycles. The second kappa shape index (κ2) is 10.1. The number of carbonyl (C=O) groups is 3. The molecular weight excluding hydrogens is 440 g/mol. The number of anilines is 2. The number of aromatic amines is 1. The van der Waals surface area contributed by atoms with Crippen LogP contribution in [0.4, 0.5) is 10.8 Å². The number of ether oxygens (including phenoxy) is 1. The van der Waals surface area contributed by atoms with Gasteiger partial charge >= 0.3 is 5.97 Å². The number of allylic oxidation sites excluding steroid dienone is 1. The summed E-state index contributed by atoms with van der Waals surface area (Å²) in [5, 5.41) is 11.7. The molecule has 0 bridgehead atoms. The molecule has 0 radical (unpaired) electrons. The zero-order valence-electron chi connectivity index (χ0n) is 18.6. The molecule has 9 heteroatoms. The third-order valence-corrected chi connectivity index (χ3v) is 5.61. The summed E-state index contributed by atoms with van der Waals surface area (Å²) >= 11 is 1.21. The minimum atomic E-state index is -0.629. The van der Waals surface area contributed by atoms with Gasteiger partial charge in [-0.15, -0.1) is 11.3 Å². The highest BCUT2D eigenvalue weighted by Gasteiger charge is 2.27. The van der Waals surface area contributed by atoms with Crippen LogP contribution in [0.15, 0.2) is 41.3 Å². The number of nitrogens with one attached hydrogen (secondary N) is 1. The molecule has 1 N–H and O–H groups in total. The highest BCUT2D eigenvalue weighted by molar-refractivity contribution is 7.14. The molecule has 0 saturated carbocycles. The van der Waals surface area contributed by atoms with E-state index in [0.717, 1.165) is 0 Å². The number of benzene rings is 1. The molecule has 3 aromatic rings. The fourth-order valence-corrected chi connectivity index (χ4v) is 4.25. The molecule has 0 unspecified atom stereocenters. The average Bonchev–Trinajstić information content (AvgIpc) is 3.35. The molecule has 0 spiro atoms. The lowest BCUT2D eigenvalue weighted by Gasteiger charge is -2.17. The van der Waals surface area contributed by atoms with E-state index in [0.29, 0.717) is 27.9 Å². The van der Waals surface area contributed by atoms with Crippen molar-refractivity contribution >= 4 is 45.9 Å². The van der Waals surface area contributed by atoms with Crippen molar-refractivity contribution in [2.24, 2.45) is 0 Å². The first kappa shape index (κ1) is 23.6. The van der Waals surface area contributed by atoms with Gasteiger partial charge in [0, 0.05) is 23.7 Å². The van der Waals surface area contributed by atoms with Crippen LogP contribution in [0.25, 0.3) is 6.08 Å². The number of aryl methyl sites for hydroxylation is 2. The van der Waals surface area contributed by atoms with Crippen LogP contribution in [0.5, 0.6) is 0 Å². The molecule has 1 aromatic carbocycles. The van der Waals surface area contributed by atoms with Crippen molar-refractivity contribution < 1.29 is 19.1 Å². The van der Waals surface area contributed by atoms with Crippen molar-refractivity contribution in [2.75, 3.05) is 11.5 Å². The van der Waals surface area contributed by atoms with Crippen molar-refractivity contribution in [3.8, 4) is 6.07 Å². The quantitative estimate of drug-likeness (QED) is 0.235. The maximum atomic E-state index is 13.2. The fraction of sp³-hybridized carbons (Fsp3) is 0.208. The number of hydrogen-bond donors (Lipinski definition) is 1. The van der Waals surface area contributed by atoms with Gasteiger partial charge < -0.3 is 9.72 Å². The standard InChI is InChI=1S/C24H22N4O4S/c1-5-32-23(31)21-15(3)26-14(2)20(21)22(30)17(12-25)11-18-13-33-24(27-18)28(16(4)29)19-9-7-6-8-10-19/h6-11,13,26H,5H2,1-4H3. The van der Waals surface area contributed by atoms with Crippen LogP contribution in [0.1, 0.15) is 51.6 Å². The molecule has 0 aliphatic heterocycles. The van der Waals surface area contributed by atoms with Crippen LogP contribution in [-0.4, -0.2) is 34.2 Å². The highest BCUT2D eigenvalue weighted by atomic mass is 32.1. The number of para-hydroxylation sites is 1. The maximum absolute atomic E-state index is 13.2. The number of hydrogen-bond acceptors (Lipinski definition) is 7. The van der Waals surface area contributed by atoms with Crippen LogP contribution in [-0.2, 0) is 9.53 Å². The lowest BCUT2D eigenvalue weighted by molar-refractivity contribution is -0.115. The smallest absolute Gasteiger partial charge is 0.340 e. The van der Waals surface area contributed by atoms with Gasteiger partial charge in [-0.2, -0.15) is 5.26 Å². The summed E-state index contributed by atoms with van der Waals surface area (Å²) in [7, 11) is 0. The molecule has 168 valence electrons. The van der Waals surface area contributed by atoms with E-state index in [1.165, 1.54) is 29.2 Å². The van der Waals surface area contributed by atoms with E-state index >= 15 is 0 Å². The summed E-state index contributed by atoms with van der Waals surface area (Å²) < 4.78 is 5.08. The van der Waals surface area contributed by atoms with E-state index < -0.39 is 11.8 Å². The molecule has 0 aliphatic rings. The Balaban J connectivity index is 1.99. The van der Waals surface area contributed by atoms with Gasteiger partial charge in [-0.05, 0) is 39.0 Å². The van der Waals surface area contributed by atoms with Gasteiger partial charge in [0.05, 0.1) is 29.1 Å². The van der Waals surface area contributed by atoms with Crippen molar-refractivity contribution in [1.29, 1.82) is 5.26 Å². The van der Waals surface area contributed by atoms with E-state index in [4.69, 9.17) is 4.74 Å². The van der Waals surface area contributed by atoms with Gasteiger partial charge in [-0.3, -0.25) is 14.5 Å². The zero-order valence-corrected chi connectivity index (χ0v) is 19.4. The number of carbonyl (C=O) groups excluding carboxylic acids is 3. The predicted molar refractivity (Wildman–Crippen MR) is 126 cm³/mol. The number of aromatic nitrogens is 2.